The van der Waals surface area contributed by atoms with Crippen molar-refractivity contribution in [2.24, 2.45) is 5.73 Å². The van der Waals surface area contributed by atoms with E-state index in [0.717, 1.165) is 6.54 Å². The maximum atomic E-state index is 5.49. The molecule has 0 amide bonds. The van der Waals surface area contributed by atoms with Crippen molar-refractivity contribution >= 4 is 0 Å². The highest BCUT2D eigenvalue weighted by atomic mass is 16.5. The molecule has 84 valence electrons. The first-order valence-electron chi connectivity index (χ1n) is 5.03. The summed E-state index contributed by atoms with van der Waals surface area (Å²) in [5.41, 5.74) is 6.16. The molecular formula is C10H13N5O. The summed E-state index contributed by atoms with van der Waals surface area (Å²) >= 11 is 0. The molecule has 2 N–H and O–H groups in total. The Balaban J connectivity index is 2.13. The number of nitrogens with two attached hydrogens (primary N) is 1. The summed E-state index contributed by atoms with van der Waals surface area (Å²) in [6.07, 6.45) is 6.60. The molecule has 0 fully saturated rings. The van der Waals surface area contributed by atoms with Crippen molar-refractivity contribution in [3.8, 4) is 11.6 Å². The Morgan fingerprint density at radius 1 is 1.38 bits per heavy atom. The minimum atomic E-state index is 0.346. The lowest BCUT2D eigenvalue weighted by Crippen LogP contribution is -2.01. The third-order valence-electron chi connectivity index (χ3n) is 2.03. The lowest BCUT2D eigenvalue weighted by Gasteiger charge is -2.02. The third kappa shape index (κ3) is 2.34. The molecule has 6 heteroatoms. The molecule has 0 saturated carbocycles. The Morgan fingerprint density at radius 3 is 2.94 bits per heavy atom. The fourth-order valence-corrected chi connectivity index (χ4v) is 1.22. The first-order chi connectivity index (χ1) is 7.81. The SMILES string of the molecule is CCn1cc(Oc2cncc(CN)n2)cn1. The molecule has 0 spiro atoms. The highest BCUT2D eigenvalue weighted by Crippen LogP contribution is 2.17. The smallest absolute Gasteiger partial charge is 0.238 e. The number of rotatable bonds is 4. The Hall–Kier alpha value is -1.95. The maximum absolute atomic E-state index is 5.49. The van der Waals surface area contributed by atoms with Crippen LogP contribution in [-0.4, -0.2) is 19.7 Å². The van der Waals surface area contributed by atoms with Crippen molar-refractivity contribution in [2.45, 2.75) is 20.0 Å². The van der Waals surface area contributed by atoms with Gasteiger partial charge in [-0.2, -0.15) is 5.10 Å². The van der Waals surface area contributed by atoms with Crippen LogP contribution in [0.25, 0.3) is 0 Å². The van der Waals surface area contributed by atoms with Crippen molar-refractivity contribution in [3.05, 3.63) is 30.5 Å². The van der Waals surface area contributed by atoms with Crippen molar-refractivity contribution in [1.82, 2.24) is 19.7 Å². The van der Waals surface area contributed by atoms with E-state index in [9.17, 15) is 0 Å². The molecule has 2 heterocycles. The van der Waals surface area contributed by atoms with Crippen LogP contribution in [-0.2, 0) is 13.1 Å². The highest BCUT2D eigenvalue weighted by molar-refractivity contribution is 5.20. The highest BCUT2D eigenvalue weighted by Gasteiger charge is 2.02. The van der Waals surface area contributed by atoms with Gasteiger partial charge in [-0.05, 0) is 6.92 Å². The quantitative estimate of drug-likeness (QED) is 0.828. The van der Waals surface area contributed by atoms with Crippen molar-refractivity contribution < 1.29 is 4.74 Å². The van der Waals surface area contributed by atoms with Gasteiger partial charge in [-0.1, -0.05) is 0 Å². The van der Waals surface area contributed by atoms with Crippen LogP contribution in [0.1, 0.15) is 12.6 Å². The summed E-state index contributed by atoms with van der Waals surface area (Å²) in [6.45, 7) is 3.15. The predicted octanol–water partition coefficient (Wildman–Crippen LogP) is 0.944. The van der Waals surface area contributed by atoms with E-state index in [1.807, 2.05) is 6.92 Å². The maximum Gasteiger partial charge on any atom is 0.238 e. The van der Waals surface area contributed by atoms with E-state index in [0.29, 0.717) is 23.9 Å². The number of nitrogens with zero attached hydrogens (tertiary/aromatic N) is 4. The second-order valence-electron chi connectivity index (χ2n) is 3.19. The van der Waals surface area contributed by atoms with E-state index < -0.39 is 0 Å². The van der Waals surface area contributed by atoms with Crippen molar-refractivity contribution in [3.63, 3.8) is 0 Å². The fraction of sp³-hybridized carbons (Fsp3) is 0.300. The molecule has 2 aromatic heterocycles. The van der Waals surface area contributed by atoms with Crippen molar-refractivity contribution in [2.75, 3.05) is 0 Å². The van der Waals surface area contributed by atoms with Gasteiger partial charge >= 0.3 is 0 Å². The Morgan fingerprint density at radius 2 is 2.25 bits per heavy atom. The van der Waals surface area contributed by atoms with Gasteiger partial charge in [-0.15, -0.1) is 0 Å². The van der Waals surface area contributed by atoms with E-state index in [1.165, 1.54) is 0 Å². The minimum Gasteiger partial charge on any atom is -0.434 e. The van der Waals surface area contributed by atoms with Gasteiger partial charge in [0.1, 0.15) is 0 Å². The predicted molar refractivity (Wildman–Crippen MR) is 57.9 cm³/mol. The largest absolute Gasteiger partial charge is 0.434 e. The van der Waals surface area contributed by atoms with Crippen LogP contribution in [0.15, 0.2) is 24.8 Å². The van der Waals surface area contributed by atoms with Gasteiger partial charge in [0.05, 0.1) is 24.3 Å². The lowest BCUT2D eigenvalue weighted by molar-refractivity contribution is 0.456. The average molecular weight is 219 g/mol. The summed E-state index contributed by atoms with van der Waals surface area (Å²) in [5, 5.41) is 4.09. The normalized spacial score (nSPS) is 10.4. The molecule has 0 radical (unpaired) electrons. The molecule has 0 bridgehead atoms. The van der Waals surface area contributed by atoms with E-state index in [-0.39, 0.29) is 0 Å². The van der Waals surface area contributed by atoms with Gasteiger partial charge in [0, 0.05) is 19.3 Å². The molecule has 0 aromatic carbocycles. The van der Waals surface area contributed by atoms with Gasteiger partial charge < -0.3 is 10.5 Å². The number of ether oxygens (including phenoxy) is 1. The third-order valence-corrected chi connectivity index (χ3v) is 2.03. The molecule has 0 saturated heterocycles. The second kappa shape index (κ2) is 4.71. The molecule has 6 nitrogen and oxygen atoms in total. The van der Waals surface area contributed by atoms with E-state index in [4.69, 9.17) is 10.5 Å². The average Bonchev–Trinajstić information content (AvgIpc) is 2.77. The summed E-state index contributed by atoms with van der Waals surface area (Å²) < 4.78 is 7.26. The van der Waals surface area contributed by atoms with Crippen LogP contribution in [0.3, 0.4) is 0 Å². The standard InChI is InChI=1S/C10H13N5O/c1-2-15-7-9(5-13-15)16-10-6-12-4-8(3-11)14-10/h4-7H,2-3,11H2,1H3. The van der Waals surface area contributed by atoms with E-state index >= 15 is 0 Å². The molecule has 0 atom stereocenters. The molecule has 0 aliphatic heterocycles. The Labute approximate surface area is 93.1 Å². The topological polar surface area (TPSA) is 78.9 Å². The van der Waals surface area contributed by atoms with E-state index in [2.05, 4.69) is 15.1 Å². The van der Waals surface area contributed by atoms with Crippen LogP contribution in [0, 0.1) is 0 Å². The number of aromatic nitrogens is 4. The minimum absolute atomic E-state index is 0.346. The van der Waals surface area contributed by atoms with Crippen LogP contribution >= 0.6 is 0 Å². The Kier molecular flexibility index (Phi) is 3.11. The summed E-state index contributed by atoms with van der Waals surface area (Å²) in [6, 6.07) is 0. The molecule has 0 aliphatic carbocycles. The molecular weight excluding hydrogens is 206 g/mol. The molecule has 2 rings (SSSR count). The zero-order chi connectivity index (χ0) is 11.4. The van der Waals surface area contributed by atoms with Crippen LogP contribution < -0.4 is 10.5 Å². The Bertz CT molecular complexity index is 468. The molecule has 2 aromatic rings. The van der Waals surface area contributed by atoms with Crippen LogP contribution in [0.5, 0.6) is 11.6 Å². The summed E-state index contributed by atoms with van der Waals surface area (Å²) in [7, 11) is 0. The van der Waals surface area contributed by atoms with Gasteiger partial charge in [0.15, 0.2) is 5.75 Å². The molecule has 0 unspecified atom stereocenters. The van der Waals surface area contributed by atoms with Crippen molar-refractivity contribution in [1.29, 1.82) is 0 Å². The van der Waals surface area contributed by atoms with Crippen LogP contribution in [0.2, 0.25) is 0 Å². The lowest BCUT2D eigenvalue weighted by atomic mass is 10.4. The summed E-state index contributed by atoms with van der Waals surface area (Å²) in [4.78, 5) is 8.16. The van der Waals surface area contributed by atoms with Gasteiger partial charge in [0.2, 0.25) is 5.88 Å². The fourth-order valence-electron chi connectivity index (χ4n) is 1.22. The zero-order valence-corrected chi connectivity index (χ0v) is 9.00. The number of hydrogen-bond donors (Lipinski definition) is 1. The first-order valence-corrected chi connectivity index (χ1v) is 5.03. The summed E-state index contributed by atoms with van der Waals surface area (Å²) in [5.74, 6) is 1.07. The van der Waals surface area contributed by atoms with E-state index in [1.54, 1.807) is 29.5 Å². The van der Waals surface area contributed by atoms with Gasteiger partial charge in [0.25, 0.3) is 0 Å². The first kappa shape index (κ1) is 10.6. The molecule has 16 heavy (non-hydrogen) atoms. The number of hydrogen-bond acceptors (Lipinski definition) is 5. The second-order valence-corrected chi connectivity index (χ2v) is 3.19. The van der Waals surface area contributed by atoms with Gasteiger partial charge in [-0.3, -0.25) is 9.67 Å². The van der Waals surface area contributed by atoms with Gasteiger partial charge in [-0.25, -0.2) is 4.98 Å². The van der Waals surface area contributed by atoms with Crippen LogP contribution in [0.4, 0.5) is 0 Å². The zero-order valence-electron chi connectivity index (χ0n) is 9.00. The number of aryl methyl sites for hydroxylation is 1. The molecule has 0 aliphatic rings. The monoisotopic (exact) mass is 219 g/mol.